The minimum Gasteiger partial charge on any atom is -0.508 e. The Bertz CT molecular complexity index is 599. The normalized spacial score (nSPS) is 10.2. The summed E-state index contributed by atoms with van der Waals surface area (Å²) in [7, 11) is 0. The summed E-state index contributed by atoms with van der Waals surface area (Å²) in [6, 6.07) is 10.5. The quantitative estimate of drug-likeness (QED) is 0.907. The number of hydrogen-bond acceptors (Lipinski definition) is 2. The molecule has 98 valence electrons. The van der Waals surface area contributed by atoms with E-state index < -0.39 is 11.7 Å². The molecule has 3 nitrogen and oxygen atoms in total. The van der Waals surface area contributed by atoms with Gasteiger partial charge in [-0.3, -0.25) is 4.79 Å². The minimum atomic E-state index is -0.626. The second-order valence-corrected chi connectivity index (χ2v) is 4.33. The van der Waals surface area contributed by atoms with Gasteiger partial charge in [-0.1, -0.05) is 29.8 Å². The minimum absolute atomic E-state index is 0.0976. The number of amides is 1. The Morgan fingerprint density at radius 1 is 1.21 bits per heavy atom. The van der Waals surface area contributed by atoms with Crippen molar-refractivity contribution >= 4 is 17.5 Å². The summed E-state index contributed by atoms with van der Waals surface area (Å²) in [6.07, 6.45) is 0. The molecule has 2 aromatic carbocycles. The maximum absolute atomic E-state index is 13.2. The van der Waals surface area contributed by atoms with E-state index in [0.717, 1.165) is 5.56 Å². The average Bonchev–Trinajstić information content (AvgIpc) is 2.41. The summed E-state index contributed by atoms with van der Waals surface area (Å²) in [4.78, 5) is 11.8. The lowest BCUT2D eigenvalue weighted by molar-refractivity contribution is 0.0950. The molecule has 0 spiro atoms. The first-order valence-corrected chi connectivity index (χ1v) is 5.96. The topological polar surface area (TPSA) is 49.3 Å². The standard InChI is InChI=1S/C14H11ClFNO2/c15-13-11(2-1-3-12(13)16)14(19)17-8-9-4-6-10(18)7-5-9/h1-7,18H,8H2,(H,17,19). The highest BCUT2D eigenvalue weighted by Crippen LogP contribution is 2.19. The first-order valence-electron chi connectivity index (χ1n) is 5.58. The first kappa shape index (κ1) is 13.4. The Hall–Kier alpha value is -2.07. The molecule has 19 heavy (non-hydrogen) atoms. The van der Waals surface area contributed by atoms with E-state index in [0.29, 0.717) is 0 Å². The zero-order valence-electron chi connectivity index (χ0n) is 9.86. The highest BCUT2D eigenvalue weighted by Gasteiger charge is 2.12. The lowest BCUT2D eigenvalue weighted by Gasteiger charge is -2.07. The molecule has 0 atom stereocenters. The van der Waals surface area contributed by atoms with Crippen molar-refractivity contribution in [1.29, 1.82) is 0 Å². The SMILES string of the molecule is O=C(NCc1ccc(O)cc1)c1cccc(F)c1Cl. The van der Waals surface area contributed by atoms with Gasteiger partial charge < -0.3 is 10.4 Å². The Balaban J connectivity index is 2.05. The number of carbonyl (C=O) groups excluding carboxylic acids is 1. The van der Waals surface area contributed by atoms with Gasteiger partial charge in [0.1, 0.15) is 11.6 Å². The van der Waals surface area contributed by atoms with Crippen molar-refractivity contribution in [3.63, 3.8) is 0 Å². The smallest absolute Gasteiger partial charge is 0.253 e. The molecular weight excluding hydrogens is 269 g/mol. The van der Waals surface area contributed by atoms with Gasteiger partial charge in [0.2, 0.25) is 0 Å². The van der Waals surface area contributed by atoms with Crippen LogP contribution in [0.1, 0.15) is 15.9 Å². The summed E-state index contributed by atoms with van der Waals surface area (Å²) in [5, 5.41) is 11.6. The van der Waals surface area contributed by atoms with Crippen LogP contribution in [-0.4, -0.2) is 11.0 Å². The van der Waals surface area contributed by atoms with Crippen LogP contribution in [0.3, 0.4) is 0 Å². The van der Waals surface area contributed by atoms with Crippen LogP contribution in [0, 0.1) is 5.82 Å². The third-order valence-corrected chi connectivity index (χ3v) is 2.97. The largest absolute Gasteiger partial charge is 0.508 e. The number of benzene rings is 2. The molecule has 0 aliphatic heterocycles. The molecule has 0 radical (unpaired) electrons. The van der Waals surface area contributed by atoms with Crippen molar-refractivity contribution in [2.75, 3.05) is 0 Å². The number of carbonyl (C=O) groups is 1. The molecule has 1 amide bonds. The van der Waals surface area contributed by atoms with Crippen LogP contribution in [0.25, 0.3) is 0 Å². The highest BCUT2D eigenvalue weighted by atomic mass is 35.5. The van der Waals surface area contributed by atoms with Gasteiger partial charge >= 0.3 is 0 Å². The zero-order valence-corrected chi connectivity index (χ0v) is 10.6. The Labute approximate surface area is 114 Å². The van der Waals surface area contributed by atoms with Crippen molar-refractivity contribution in [2.24, 2.45) is 0 Å². The predicted octanol–water partition coefficient (Wildman–Crippen LogP) is 3.11. The fourth-order valence-electron chi connectivity index (χ4n) is 1.57. The molecule has 0 aliphatic rings. The Morgan fingerprint density at radius 2 is 1.89 bits per heavy atom. The predicted molar refractivity (Wildman–Crippen MR) is 70.7 cm³/mol. The lowest BCUT2D eigenvalue weighted by Crippen LogP contribution is -2.23. The third kappa shape index (κ3) is 3.23. The molecule has 2 aromatic rings. The fourth-order valence-corrected chi connectivity index (χ4v) is 1.78. The van der Waals surface area contributed by atoms with Gasteiger partial charge in [0.05, 0.1) is 10.6 Å². The van der Waals surface area contributed by atoms with Gasteiger partial charge in [-0.25, -0.2) is 4.39 Å². The molecule has 0 unspecified atom stereocenters. The monoisotopic (exact) mass is 279 g/mol. The molecule has 0 aliphatic carbocycles. The number of phenolic OH excluding ortho intramolecular Hbond substituents is 1. The van der Waals surface area contributed by atoms with Gasteiger partial charge in [0, 0.05) is 6.54 Å². The van der Waals surface area contributed by atoms with E-state index in [4.69, 9.17) is 16.7 Å². The zero-order chi connectivity index (χ0) is 13.8. The Kier molecular flexibility index (Phi) is 4.02. The van der Waals surface area contributed by atoms with Crippen molar-refractivity contribution in [1.82, 2.24) is 5.32 Å². The van der Waals surface area contributed by atoms with Crippen LogP contribution in [-0.2, 0) is 6.54 Å². The first-order chi connectivity index (χ1) is 9.08. The molecule has 2 rings (SSSR count). The van der Waals surface area contributed by atoms with Gasteiger partial charge in [0.15, 0.2) is 0 Å². The molecule has 0 bridgehead atoms. The second kappa shape index (κ2) is 5.71. The Morgan fingerprint density at radius 3 is 2.58 bits per heavy atom. The van der Waals surface area contributed by atoms with E-state index in [1.54, 1.807) is 12.1 Å². The number of nitrogens with one attached hydrogen (secondary N) is 1. The third-order valence-electron chi connectivity index (χ3n) is 2.59. The molecule has 0 saturated heterocycles. The van der Waals surface area contributed by atoms with E-state index in [9.17, 15) is 9.18 Å². The number of halogens is 2. The van der Waals surface area contributed by atoms with Gasteiger partial charge in [-0.2, -0.15) is 0 Å². The van der Waals surface area contributed by atoms with Crippen molar-refractivity contribution in [3.05, 3.63) is 64.4 Å². The average molecular weight is 280 g/mol. The van der Waals surface area contributed by atoms with Crippen LogP contribution >= 0.6 is 11.6 Å². The molecule has 0 heterocycles. The van der Waals surface area contributed by atoms with Crippen LogP contribution < -0.4 is 5.32 Å². The summed E-state index contributed by atoms with van der Waals surface area (Å²) < 4.78 is 13.2. The lowest BCUT2D eigenvalue weighted by atomic mass is 10.2. The molecule has 0 aromatic heterocycles. The number of rotatable bonds is 3. The van der Waals surface area contributed by atoms with Crippen LogP contribution in [0.2, 0.25) is 5.02 Å². The summed E-state index contributed by atoms with van der Waals surface area (Å²) in [5.74, 6) is -0.917. The summed E-state index contributed by atoms with van der Waals surface area (Å²) in [5.41, 5.74) is 0.916. The maximum Gasteiger partial charge on any atom is 0.253 e. The van der Waals surface area contributed by atoms with E-state index in [1.165, 1.54) is 30.3 Å². The molecule has 0 saturated carbocycles. The number of phenols is 1. The van der Waals surface area contributed by atoms with Gasteiger partial charge in [-0.15, -0.1) is 0 Å². The van der Waals surface area contributed by atoms with Crippen molar-refractivity contribution < 1.29 is 14.3 Å². The van der Waals surface area contributed by atoms with E-state index in [2.05, 4.69) is 5.32 Å². The van der Waals surface area contributed by atoms with Crippen molar-refractivity contribution in [2.45, 2.75) is 6.54 Å². The fraction of sp³-hybridized carbons (Fsp3) is 0.0714. The van der Waals surface area contributed by atoms with Gasteiger partial charge in [0.25, 0.3) is 5.91 Å². The number of hydrogen-bond donors (Lipinski definition) is 2. The van der Waals surface area contributed by atoms with E-state index in [-0.39, 0.29) is 22.9 Å². The van der Waals surface area contributed by atoms with Crippen LogP contribution in [0.5, 0.6) is 5.75 Å². The van der Waals surface area contributed by atoms with E-state index >= 15 is 0 Å². The van der Waals surface area contributed by atoms with Crippen LogP contribution in [0.4, 0.5) is 4.39 Å². The van der Waals surface area contributed by atoms with Gasteiger partial charge in [-0.05, 0) is 29.8 Å². The highest BCUT2D eigenvalue weighted by molar-refractivity contribution is 6.34. The maximum atomic E-state index is 13.2. The van der Waals surface area contributed by atoms with E-state index in [1.807, 2.05) is 0 Å². The number of aromatic hydroxyl groups is 1. The molecule has 0 fully saturated rings. The molecular formula is C14H11ClFNO2. The molecule has 2 N–H and O–H groups in total. The molecule has 5 heteroatoms. The second-order valence-electron chi connectivity index (χ2n) is 3.95. The van der Waals surface area contributed by atoms with Crippen LogP contribution in [0.15, 0.2) is 42.5 Å². The summed E-state index contributed by atoms with van der Waals surface area (Å²) >= 11 is 5.72. The van der Waals surface area contributed by atoms with Crippen molar-refractivity contribution in [3.8, 4) is 5.75 Å². The summed E-state index contributed by atoms with van der Waals surface area (Å²) in [6.45, 7) is 0.270.